The first-order valence-corrected chi connectivity index (χ1v) is 11.0. The van der Waals surface area contributed by atoms with Gasteiger partial charge in [0, 0.05) is 32.6 Å². The van der Waals surface area contributed by atoms with Crippen molar-refractivity contribution in [3.63, 3.8) is 0 Å². The molecule has 0 spiro atoms. The zero-order valence-corrected chi connectivity index (χ0v) is 18.1. The molecular weight excluding hydrogens is 378 g/mol. The molecule has 1 fully saturated rings. The van der Waals surface area contributed by atoms with Crippen LogP contribution in [0.15, 0.2) is 24.3 Å². The van der Waals surface area contributed by atoms with Crippen molar-refractivity contribution in [2.24, 2.45) is 5.92 Å². The third-order valence-electron chi connectivity index (χ3n) is 5.93. The Morgan fingerprint density at radius 3 is 2.60 bits per heavy atom. The highest BCUT2D eigenvalue weighted by Crippen LogP contribution is 2.32. The standard InChI is InChI=1S/C23H31N5O2/c1-4-24-23(29)28-14-11-20-19(15-28)21(30-18-7-5-16(2)6-8-18)26-22(25-20)27-12-9-17(3)10-13-27/h5-8,17H,4,9-15H2,1-3H3,(H,24,29). The number of rotatable bonds is 4. The smallest absolute Gasteiger partial charge is 0.317 e. The van der Waals surface area contributed by atoms with Crippen molar-refractivity contribution in [2.45, 2.75) is 46.6 Å². The van der Waals surface area contributed by atoms with Gasteiger partial charge >= 0.3 is 6.03 Å². The Bertz CT molecular complexity index is 891. The van der Waals surface area contributed by atoms with Gasteiger partial charge in [-0.3, -0.25) is 0 Å². The summed E-state index contributed by atoms with van der Waals surface area (Å²) in [5, 5.41) is 2.89. The van der Waals surface area contributed by atoms with Crippen LogP contribution in [0, 0.1) is 12.8 Å². The van der Waals surface area contributed by atoms with Crippen molar-refractivity contribution in [3.05, 3.63) is 41.1 Å². The van der Waals surface area contributed by atoms with Crippen LogP contribution in [-0.2, 0) is 13.0 Å². The molecule has 2 aliphatic rings. The molecule has 0 bridgehead atoms. The van der Waals surface area contributed by atoms with Crippen LogP contribution in [-0.4, -0.2) is 47.1 Å². The van der Waals surface area contributed by atoms with E-state index in [9.17, 15) is 4.79 Å². The lowest BCUT2D eigenvalue weighted by atomic mass is 9.99. The van der Waals surface area contributed by atoms with Crippen LogP contribution >= 0.6 is 0 Å². The van der Waals surface area contributed by atoms with E-state index in [1.165, 1.54) is 5.56 Å². The highest BCUT2D eigenvalue weighted by molar-refractivity contribution is 5.74. The highest BCUT2D eigenvalue weighted by atomic mass is 16.5. The van der Waals surface area contributed by atoms with Crippen molar-refractivity contribution in [1.82, 2.24) is 20.2 Å². The van der Waals surface area contributed by atoms with Gasteiger partial charge in [-0.2, -0.15) is 4.98 Å². The third-order valence-corrected chi connectivity index (χ3v) is 5.93. The summed E-state index contributed by atoms with van der Waals surface area (Å²) in [6.45, 7) is 9.93. The van der Waals surface area contributed by atoms with E-state index in [-0.39, 0.29) is 6.03 Å². The average Bonchev–Trinajstić information content (AvgIpc) is 2.75. The van der Waals surface area contributed by atoms with Gasteiger partial charge in [0.15, 0.2) is 0 Å². The summed E-state index contributed by atoms with van der Waals surface area (Å²) in [7, 11) is 0. The molecule has 1 aromatic carbocycles. The summed E-state index contributed by atoms with van der Waals surface area (Å²) in [5.74, 6) is 2.79. The first kappa shape index (κ1) is 20.4. The van der Waals surface area contributed by atoms with Crippen LogP contribution < -0.4 is 15.0 Å². The fourth-order valence-electron chi connectivity index (χ4n) is 3.96. The van der Waals surface area contributed by atoms with Crippen molar-refractivity contribution < 1.29 is 9.53 Å². The van der Waals surface area contributed by atoms with Gasteiger partial charge < -0.3 is 19.9 Å². The second-order valence-electron chi connectivity index (χ2n) is 8.35. The molecule has 1 aromatic heterocycles. The van der Waals surface area contributed by atoms with E-state index in [1.807, 2.05) is 31.2 Å². The fourth-order valence-corrected chi connectivity index (χ4v) is 3.96. The molecular formula is C23H31N5O2. The maximum absolute atomic E-state index is 12.4. The Morgan fingerprint density at radius 2 is 1.90 bits per heavy atom. The monoisotopic (exact) mass is 409 g/mol. The zero-order valence-electron chi connectivity index (χ0n) is 18.1. The maximum atomic E-state index is 12.4. The van der Waals surface area contributed by atoms with Crippen LogP contribution in [0.1, 0.15) is 43.5 Å². The third kappa shape index (κ3) is 4.50. The lowest BCUT2D eigenvalue weighted by molar-refractivity contribution is 0.191. The number of piperidine rings is 1. The Kier molecular flexibility index (Phi) is 6.06. The van der Waals surface area contributed by atoms with E-state index in [0.29, 0.717) is 31.9 Å². The summed E-state index contributed by atoms with van der Waals surface area (Å²) in [5.41, 5.74) is 3.07. The van der Waals surface area contributed by atoms with Gasteiger partial charge in [-0.05, 0) is 44.7 Å². The topological polar surface area (TPSA) is 70.6 Å². The molecule has 0 unspecified atom stereocenters. The van der Waals surface area contributed by atoms with Crippen molar-refractivity contribution in [1.29, 1.82) is 0 Å². The number of carbonyl (C=O) groups excluding carboxylic acids is 1. The van der Waals surface area contributed by atoms with E-state index in [0.717, 1.165) is 54.8 Å². The first-order valence-electron chi connectivity index (χ1n) is 11.0. The van der Waals surface area contributed by atoms with E-state index >= 15 is 0 Å². The van der Waals surface area contributed by atoms with Crippen molar-refractivity contribution in [2.75, 3.05) is 31.1 Å². The Morgan fingerprint density at radius 1 is 1.17 bits per heavy atom. The predicted octanol–water partition coefficient (Wildman–Crippen LogP) is 3.90. The van der Waals surface area contributed by atoms with E-state index in [4.69, 9.17) is 14.7 Å². The van der Waals surface area contributed by atoms with E-state index in [1.54, 1.807) is 4.90 Å². The minimum Gasteiger partial charge on any atom is -0.438 e. The molecule has 0 atom stereocenters. The number of hydrogen-bond donors (Lipinski definition) is 1. The lowest BCUT2D eigenvalue weighted by Crippen LogP contribution is -2.43. The molecule has 0 radical (unpaired) electrons. The summed E-state index contributed by atoms with van der Waals surface area (Å²) in [6, 6.07) is 7.90. The molecule has 1 N–H and O–H groups in total. The number of anilines is 1. The number of ether oxygens (including phenoxy) is 1. The quantitative estimate of drug-likeness (QED) is 0.829. The first-order chi connectivity index (χ1) is 14.5. The van der Waals surface area contributed by atoms with Gasteiger partial charge in [-0.25, -0.2) is 9.78 Å². The average molecular weight is 410 g/mol. The lowest BCUT2D eigenvalue weighted by Gasteiger charge is -2.33. The SMILES string of the molecule is CCNC(=O)N1CCc2nc(N3CCC(C)CC3)nc(Oc3ccc(C)cc3)c2C1. The highest BCUT2D eigenvalue weighted by Gasteiger charge is 2.28. The van der Waals surface area contributed by atoms with Gasteiger partial charge in [-0.15, -0.1) is 0 Å². The molecule has 7 heteroatoms. The molecule has 1 saturated heterocycles. The number of nitrogens with zero attached hydrogens (tertiary/aromatic N) is 4. The molecule has 3 heterocycles. The number of aryl methyl sites for hydroxylation is 1. The molecule has 160 valence electrons. The Hall–Kier alpha value is -2.83. The fraction of sp³-hybridized carbons (Fsp3) is 0.522. The van der Waals surface area contributed by atoms with Crippen LogP contribution in [0.25, 0.3) is 0 Å². The van der Waals surface area contributed by atoms with Gasteiger partial charge in [0.2, 0.25) is 11.8 Å². The zero-order chi connectivity index (χ0) is 21.1. The molecule has 0 aliphatic carbocycles. The molecule has 7 nitrogen and oxygen atoms in total. The number of aromatic nitrogens is 2. The minimum absolute atomic E-state index is 0.0569. The number of hydrogen-bond acceptors (Lipinski definition) is 5. The van der Waals surface area contributed by atoms with Crippen molar-refractivity contribution >= 4 is 12.0 Å². The van der Waals surface area contributed by atoms with Gasteiger partial charge in [0.1, 0.15) is 5.75 Å². The van der Waals surface area contributed by atoms with Crippen LogP contribution in [0.2, 0.25) is 0 Å². The minimum atomic E-state index is -0.0569. The van der Waals surface area contributed by atoms with Gasteiger partial charge in [0.05, 0.1) is 17.8 Å². The van der Waals surface area contributed by atoms with Crippen LogP contribution in [0.3, 0.4) is 0 Å². The predicted molar refractivity (Wildman–Crippen MR) is 117 cm³/mol. The number of carbonyl (C=O) groups is 1. The van der Waals surface area contributed by atoms with Crippen LogP contribution in [0.5, 0.6) is 11.6 Å². The largest absolute Gasteiger partial charge is 0.438 e. The Balaban J connectivity index is 1.66. The number of amides is 2. The van der Waals surface area contributed by atoms with Gasteiger partial charge in [0.25, 0.3) is 0 Å². The second-order valence-corrected chi connectivity index (χ2v) is 8.35. The number of urea groups is 1. The summed E-state index contributed by atoms with van der Waals surface area (Å²) < 4.78 is 6.24. The summed E-state index contributed by atoms with van der Waals surface area (Å²) in [4.78, 5) is 26.2. The maximum Gasteiger partial charge on any atom is 0.317 e. The van der Waals surface area contributed by atoms with Crippen LogP contribution in [0.4, 0.5) is 10.7 Å². The molecule has 2 aliphatic heterocycles. The van der Waals surface area contributed by atoms with Crippen molar-refractivity contribution in [3.8, 4) is 11.6 Å². The normalized spacial score (nSPS) is 16.9. The molecule has 30 heavy (non-hydrogen) atoms. The van der Waals surface area contributed by atoms with E-state index in [2.05, 4.69) is 24.1 Å². The summed E-state index contributed by atoms with van der Waals surface area (Å²) >= 11 is 0. The molecule has 2 aromatic rings. The molecule has 4 rings (SSSR count). The summed E-state index contributed by atoms with van der Waals surface area (Å²) in [6.07, 6.45) is 3.01. The number of nitrogens with one attached hydrogen (secondary N) is 1. The van der Waals surface area contributed by atoms with Gasteiger partial charge in [-0.1, -0.05) is 24.6 Å². The molecule has 0 saturated carbocycles. The van der Waals surface area contributed by atoms with E-state index < -0.39 is 0 Å². The second kappa shape index (κ2) is 8.90. The molecule has 2 amide bonds. The number of benzene rings is 1. The number of fused-ring (bicyclic) bond motifs is 1. The Labute approximate surface area is 178 Å².